The standard InChI is InChI=1S/C31H44N6O3S/c1-4-41(38,39)30-33-28(32-22(3)24-11-8-12-24)27-29(34-30)35-31(37(27)19-23-15-13-21(2)14-16-23)36-17-18-40-20-26(36)25-9-6-5-7-10-25/h5-7,9-10,21-24,26H,4,8,11-20H2,1-3H3,(H,32,33,34)/t21?,22-,23?,26+/m1/s1. The first-order chi connectivity index (χ1) is 19.8. The van der Waals surface area contributed by atoms with Crippen LogP contribution in [0.3, 0.4) is 0 Å². The van der Waals surface area contributed by atoms with Gasteiger partial charge in [0.2, 0.25) is 15.8 Å². The zero-order valence-electron chi connectivity index (χ0n) is 24.6. The zero-order chi connectivity index (χ0) is 28.6. The van der Waals surface area contributed by atoms with E-state index in [-0.39, 0.29) is 23.0 Å². The fraction of sp³-hybridized carbons (Fsp3) is 0.645. The van der Waals surface area contributed by atoms with Crippen LogP contribution < -0.4 is 10.2 Å². The number of morpholine rings is 1. The molecule has 3 aliphatic rings. The van der Waals surface area contributed by atoms with E-state index < -0.39 is 9.84 Å². The van der Waals surface area contributed by atoms with Crippen LogP contribution in [0.4, 0.5) is 11.8 Å². The third-order valence-electron chi connectivity index (χ3n) is 9.59. The van der Waals surface area contributed by atoms with E-state index in [0.29, 0.717) is 43.1 Å². The second-order valence-electron chi connectivity index (χ2n) is 12.4. The summed E-state index contributed by atoms with van der Waals surface area (Å²) in [6.07, 6.45) is 8.42. The first-order valence-corrected chi connectivity index (χ1v) is 17.2. The number of fused-ring (bicyclic) bond motifs is 1. The molecule has 0 bridgehead atoms. The Morgan fingerprint density at radius 1 is 1.05 bits per heavy atom. The number of benzene rings is 1. The molecule has 0 unspecified atom stereocenters. The number of ether oxygens (including phenoxy) is 1. The predicted octanol–water partition coefficient (Wildman–Crippen LogP) is 5.62. The lowest BCUT2D eigenvalue weighted by Gasteiger charge is -2.37. The van der Waals surface area contributed by atoms with Crippen molar-refractivity contribution in [3.05, 3.63) is 35.9 Å². The number of hydrogen-bond acceptors (Lipinski definition) is 8. The van der Waals surface area contributed by atoms with Crippen LogP contribution in [0.1, 0.15) is 77.3 Å². The summed E-state index contributed by atoms with van der Waals surface area (Å²) in [5.74, 6) is 3.21. The largest absolute Gasteiger partial charge is 0.377 e. The molecule has 1 N–H and O–H groups in total. The summed E-state index contributed by atoms with van der Waals surface area (Å²) in [6.45, 7) is 8.85. The summed E-state index contributed by atoms with van der Waals surface area (Å²) in [7, 11) is -3.62. The van der Waals surface area contributed by atoms with Gasteiger partial charge < -0.3 is 19.5 Å². The smallest absolute Gasteiger partial charge is 0.251 e. The normalized spacial score (nSPS) is 24.8. The molecule has 222 valence electrons. The second-order valence-corrected chi connectivity index (χ2v) is 14.6. The van der Waals surface area contributed by atoms with Crippen molar-refractivity contribution in [1.82, 2.24) is 19.5 Å². The SMILES string of the molecule is CCS(=O)(=O)c1nc(N[C@H](C)C2CCC2)c2c(n1)nc(N1CCOC[C@H]1c1ccccc1)n2CC1CCC(C)CC1. The van der Waals surface area contributed by atoms with Crippen molar-refractivity contribution in [2.45, 2.75) is 89.5 Å². The van der Waals surface area contributed by atoms with Crippen LogP contribution in [-0.2, 0) is 21.1 Å². The maximum atomic E-state index is 13.0. The number of rotatable bonds is 9. The van der Waals surface area contributed by atoms with Crippen LogP contribution in [0.2, 0.25) is 0 Å². The predicted molar refractivity (Wildman–Crippen MR) is 162 cm³/mol. The topological polar surface area (TPSA) is 102 Å². The Kier molecular flexibility index (Phi) is 8.23. The molecule has 1 saturated heterocycles. The first kappa shape index (κ1) is 28.4. The van der Waals surface area contributed by atoms with Crippen LogP contribution in [0.15, 0.2) is 35.5 Å². The number of sulfone groups is 1. The van der Waals surface area contributed by atoms with Gasteiger partial charge in [0.25, 0.3) is 5.16 Å². The molecule has 10 heteroatoms. The highest BCUT2D eigenvalue weighted by Gasteiger charge is 2.33. The maximum absolute atomic E-state index is 13.0. The van der Waals surface area contributed by atoms with Gasteiger partial charge in [0.05, 0.1) is 25.0 Å². The summed E-state index contributed by atoms with van der Waals surface area (Å²) in [4.78, 5) is 16.8. The van der Waals surface area contributed by atoms with Gasteiger partial charge in [0.1, 0.15) is 5.52 Å². The summed E-state index contributed by atoms with van der Waals surface area (Å²) >= 11 is 0. The summed E-state index contributed by atoms with van der Waals surface area (Å²) in [6, 6.07) is 10.6. The van der Waals surface area contributed by atoms with Crippen molar-refractivity contribution in [2.75, 3.05) is 35.7 Å². The highest BCUT2D eigenvalue weighted by atomic mass is 32.2. The van der Waals surface area contributed by atoms with Gasteiger partial charge in [-0.1, -0.05) is 63.4 Å². The highest BCUT2D eigenvalue weighted by molar-refractivity contribution is 7.91. The Labute approximate surface area is 244 Å². The summed E-state index contributed by atoms with van der Waals surface area (Å²) in [5, 5.41) is 3.51. The van der Waals surface area contributed by atoms with Crippen molar-refractivity contribution in [3.63, 3.8) is 0 Å². The monoisotopic (exact) mass is 580 g/mol. The molecule has 0 spiro atoms. The molecule has 2 aromatic heterocycles. The van der Waals surface area contributed by atoms with Crippen molar-refractivity contribution >= 4 is 32.8 Å². The molecule has 2 aliphatic carbocycles. The van der Waals surface area contributed by atoms with Gasteiger partial charge in [-0.05, 0) is 55.9 Å². The van der Waals surface area contributed by atoms with Crippen LogP contribution in [0.25, 0.3) is 11.2 Å². The van der Waals surface area contributed by atoms with E-state index in [9.17, 15) is 8.42 Å². The molecular weight excluding hydrogens is 536 g/mol. The lowest BCUT2D eigenvalue weighted by atomic mass is 9.80. The van der Waals surface area contributed by atoms with Gasteiger partial charge in [-0.25, -0.2) is 8.42 Å². The van der Waals surface area contributed by atoms with Crippen LogP contribution in [0.5, 0.6) is 0 Å². The van der Waals surface area contributed by atoms with Gasteiger partial charge in [-0.3, -0.25) is 0 Å². The second kappa shape index (κ2) is 11.9. The molecule has 3 heterocycles. The minimum Gasteiger partial charge on any atom is -0.377 e. The molecule has 2 atom stereocenters. The third kappa shape index (κ3) is 5.82. The molecule has 0 radical (unpaired) electrons. The number of aromatic nitrogens is 4. The van der Waals surface area contributed by atoms with Gasteiger partial charge in [0.15, 0.2) is 11.5 Å². The fourth-order valence-electron chi connectivity index (χ4n) is 6.60. The highest BCUT2D eigenvalue weighted by Crippen LogP contribution is 2.38. The Morgan fingerprint density at radius 3 is 2.49 bits per heavy atom. The third-order valence-corrected chi connectivity index (χ3v) is 11.1. The Bertz CT molecular complexity index is 1450. The van der Waals surface area contributed by atoms with Crippen molar-refractivity contribution in [3.8, 4) is 0 Å². The Hall–Kier alpha value is -2.72. The summed E-state index contributed by atoms with van der Waals surface area (Å²) < 4.78 is 34.4. The average molecular weight is 581 g/mol. The molecule has 3 fully saturated rings. The summed E-state index contributed by atoms with van der Waals surface area (Å²) in [5.41, 5.74) is 2.44. The van der Waals surface area contributed by atoms with E-state index in [1.165, 1.54) is 50.5 Å². The minimum absolute atomic E-state index is 0.00371. The number of imidazole rings is 1. The number of nitrogens with one attached hydrogen (secondary N) is 1. The van der Waals surface area contributed by atoms with Gasteiger partial charge in [-0.15, -0.1) is 0 Å². The van der Waals surface area contributed by atoms with E-state index >= 15 is 0 Å². The first-order valence-electron chi connectivity index (χ1n) is 15.5. The lowest BCUT2D eigenvalue weighted by molar-refractivity contribution is 0.0927. The quantitative estimate of drug-likeness (QED) is 0.325. The molecule has 9 nitrogen and oxygen atoms in total. The Balaban J connectivity index is 1.51. The van der Waals surface area contributed by atoms with Crippen molar-refractivity contribution in [1.29, 1.82) is 0 Å². The van der Waals surface area contributed by atoms with E-state index in [2.05, 4.69) is 57.9 Å². The van der Waals surface area contributed by atoms with E-state index in [1.54, 1.807) is 6.92 Å². The van der Waals surface area contributed by atoms with E-state index in [0.717, 1.165) is 23.9 Å². The molecule has 1 aliphatic heterocycles. The average Bonchev–Trinajstić information content (AvgIpc) is 3.32. The van der Waals surface area contributed by atoms with E-state index in [4.69, 9.17) is 14.7 Å². The van der Waals surface area contributed by atoms with Crippen LogP contribution >= 0.6 is 0 Å². The number of nitrogens with zero attached hydrogens (tertiary/aromatic N) is 5. The minimum atomic E-state index is -3.62. The number of anilines is 2. The molecule has 1 aromatic carbocycles. The van der Waals surface area contributed by atoms with Gasteiger partial charge in [-0.2, -0.15) is 15.0 Å². The van der Waals surface area contributed by atoms with Crippen molar-refractivity contribution in [2.24, 2.45) is 17.8 Å². The van der Waals surface area contributed by atoms with Crippen LogP contribution in [0, 0.1) is 17.8 Å². The van der Waals surface area contributed by atoms with Crippen LogP contribution in [-0.4, -0.2) is 59.5 Å². The fourth-order valence-corrected chi connectivity index (χ4v) is 7.32. The molecule has 3 aromatic rings. The molecule has 6 rings (SSSR count). The van der Waals surface area contributed by atoms with Gasteiger partial charge >= 0.3 is 0 Å². The molecular formula is C31H44N6O3S. The number of hydrogen-bond donors (Lipinski definition) is 1. The maximum Gasteiger partial charge on any atom is 0.251 e. The van der Waals surface area contributed by atoms with Crippen molar-refractivity contribution < 1.29 is 13.2 Å². The van der Waals surface area contributed by atoms with E-state index in [1.807, 2.05) is 6.07 Å². The zero-order valence-corrected chi connectivity index (χ0v) is 25.4. The Morgan fingerprint density at radius 2 is 1.80 bits per heavy atom. The lowest BCUT2D eigenvalue weighted by Crippen LogP contribution is -2.41. The molecule has 41 heavy (non-hydrogen) atoms. The molecule has 2 saturated carbocycles. The molecule has 0 amide bonds. The van der Waals surface area contributed by atoms with Gasteiger partial charge in [0, 0.05) is 19.1 Å².